The second kappa shape index (κ2) is 8.78. The van der Waals surface area contributed by atoms with Gasteiger partial charge in [0.05, 0.1) is 12.0 Å². The van der Waals surface area contributed by atoms with Crippen molar-refractivity contribution in [2.45, 2.75) is 31.9 Å². The minimum atomic E-state index is -0.0616. The molecule has 0 saturated heterocycles. The van der Waals surface area contributed by atoms with Gasteiger partial charge >= 0.3 is 0 Å². The van der Waals surface area contributed by atoms with E-state index < -0.39 is 0 Å². The number of benzene rings is 1. The highest BCUT2D eigenvalue weighted by molar-refractivity contribution is 7.98. The number of nitrogens with one attached hydrogen (secondary N) is 1. The van der Waals surface area contributed by atoms with Gasteiger partial charge in [0.25, 0.3) is 0 Å². The van der Waals surface area contributed by atoms with Crippen LogP contribution in [0.1, 0.15) is 37.7 Å². The van der Waals surface area contributed by atoms with Crippen LogP contribution in [0.5, 0.6) is 0 Å². The minimum Gasteiger partial charge on any atom is -0.468 e. The van der Waals surface area contributed by atoms with E-state index in [2.05, 4.69) is 38.2 Å². The van der Waals surface area contributed by atoms with Crippen LogP contribution in [0, 0.1) is 0 Å². The summed E-state index contributed by atoms with van der Waals surface area (Å²) in [6.07, 6.45) is 5.11. The molecule has 1 aromatic heterocycles. The topological polar surface area (TPSA) is 42.2 Å². The van der Waals surface area contributed by atoms with Crippen molar-refractivity contribution in [1.29, 1.82) is 0 Å². The molecule has 3 nitrogen and oxygen atoms in total. The first kappa shape index (κ1) is 18.4. The largest absolute Gasteiger partial charge is 0.468 e. The van der Waals surface area contributed by atoms with Gasteiger partial charge in [0.2, 0.25) is 5.91 Å². The van der Waals surface area contributed by atoms with E-state index in [9.17, 15) is 4.79 Å². The van der Waals surface area contributed by atoms with Gasteiger partial charge in [0.15, 0.2) is 0 Å². The summed E-state index contributed by atoms with van der Waals surface area (Å²) in [5.41, 5.74) is 2.47. The second-order valence-corrected chi connectivity index (χ2v) is 7.73. The summed E-state index contributed by atoms with van der Waals surface area (Å²) >= 11 is 1.74. The summed E-state index contributed by atoms with van der Waals surface area (Å²) < 4.78 is 5.26. The van der Waals surface area contributed by atoms with Gasteiger partial charge in [-0.1, -0.05) is 45.0 Å². The molecule has 0 spiro atoms. The maximum atomic E-state index is 11.8. The third-order valence-corrected chi connectivity index (χ3v) is 4.56. The summed E-state index contributed by atoms with van der Waals surface area (Å²) in [5.74, 6) is 2.60. The fourth-order valence-electron chi connectivity index (χ4n) is 2.14. The van der Waals surface area contributed by atoms with Crippen molar-refractivity contribution in [3.8, 4) is 0 Å². The third-order valence-electron chi connectivity index (χ3n) is 3.57. The normalized spacial score (nSPS) is 11.8. The Hall–Kier alpha value is -1.94. The Labute approximate surface area is 148 Å². The van der Waals surface area contributed by atoms with Crippen LogP contribution in [0.3, 0.4) is 0 Å². The first-order valence-electron chi connectivity index (χ1n) is 8.12. The molecule has 1 aromatic carbocycles. The van der Waals surface area contributed by atoms with Gasteiger partial charge in [-0.05, 0) is 34.8 Å². The van der Waals surface area contributed by atoms with Gasteiger partial charge in [-0.2, -0.15) is 11.8 Å². The van der Waals surface area contributed by atoms with Crippen LogP contribution in [-0.4, -0.2) is 18.2 Å². The van der Waals surface area contributed by atoms with Crippen LogP contribution in [0.25, 0.3) is 6.08 Å². The van der Waals surface area contributed by atoms with Gasteiger partial charge in [-0.25, -0.2) is 0 Å². The summed E-state index contributed by atoms with van der Waals surface area (Å²) in [4.78, 5) is 11.8. The number of hydrogen-bond acceptors (Lipinski definition) is 3. The zero-order valence-electron chi connectivity index (χ0n) is 14.5. The number of furan rings is 1. The number of thioether (sulfide) groups is 1. The van der Waals surface area contributed by atoms with Crippen molar-refractivity contribution < 1.29 is 9.21 Å². The van der Waals surface area contributed by atoms with Gasteiger partial charge in [0.1, 0.15) is 5.76 Å². The van der Waals surface area contributed by atoms with Crippen molar-refractivity contribution in [3.05, 3.63) is 65.6 Å². The van der Waals surface area contributed by atoms with E-state index in [-0.39, 0.29) is 11.3 Å². The van der Waals surface area contributed by atoms with E-state index >= 15 is 0 Å². The van der Waals surface area contributed by atoms with E-state index in [4.69, 9.17) is 4.42 Å². The average molecular weight is 343 g/mol. The lowest BCUT2D eigenvalue weighted by molar-refractivity contribution is -0.116. The molecular formula is C20H25NO2S. The van der Waals surface area contributed by atoms with E-state index in [1.165, 1.54) is 5.56 Å². The molecule has 0 aliphatic rings. The quantitative estimate of drug-likeness (QED) is 0.588. The molecule has 2 rings (SSSR count). The molecule has 1 heterocycles. The fourth-order valence-corrected chi connectivity index (χ4v) is 2.90. The van der Waals surface area contributed by atoms with Crippen molar-refractivity contribution in [3.63, 3.8) is 0 Å². The van der Waals surface area contributed by atoms with Gasteiger partial charge in [-0.3, -0.25) is 4.79 Å². The maximum Gasteiger partial charge on any atom is 0.244 e. The van der Waals surface area contributed by atoms with Crippen LogP contribution in [-0.2, 0) is 16.0 Å². The number of carbonyl (C=O) groups is 1. The number of rotatable bonds is 7. The molecule has 2 aromatic rings. The predicted molar refractivity (Wildman–Crippen MR) is 102 cm³/mol. The molecule has 0 unspecified atom stereocenters. The molecule has 0 radical (unpaired) electrons. The smallest absolute Gasteiger partial charge is 0.244 e. The predicted octanol–water partition coefficient (Wildman–Crippen LogP) is 4.64. The van der Waals surface area contributed by atoms with E-state index in [0.717, 1.165) is 22.8 Å². The van der Waals surface area contributed by atoms with Crippen molar-refractivity contribution in [2.24, 2.45) is 0 Å². The molecule has 24 heavy (non-hydrogen) atoms. The molecule has 0 saturated carbocycles. The lowest BCUT2D eigenvalue weighted by atomic mass is 9.87. The SMILES string of the molecule is CC(C)(C)c1ccc(/C=C/C(=O)NCCSCc2ccco2)cc1. The van der Waals surface area contributed by atoms with Crippen molar-refractivity contribution >= 4 is 23.7 Å². The molecule has 0 atom stereocenters. The molecule has 128 valence electrons. The Balaban J connectivity index is 1.68. The average Bonchev–Trinajstić information content (AvgIpc) is 3.05. The van der Waals surface area contributed by atoms with Crippen molar-refractivity contribution in [2.75, 3.05) is 12.3 Å². The first-order valence-corrected chi connectivity index (χ1v) is 9.27. The highest BCUT2D eigenvalue weighted by Crippen LogP contribution is 2.22. The van der Waals surface area contributed by atoms with E-state index in [1.807, 2.05) is 30.3 Å². The highest BCUT2D eigenvalue weighted by Gasteiger charge is 2.12. The Morgan fingerprint density at radius 3 is 2.58 bits per heavy atom. The van der Waals surface area contributed by atoms with Crippen LogP contribution >= 0.6 is 11.8 Å². The van der Waals surface area contributed by atoms with E-state index in [0.29, 0.717) is 6.54 Å². The van der Waals surface area contributed by atoms with Gasteiger partial charge in [0, 0.05) is 18.4 Å². The lowest BCUT2D eigenvalue weighted by Crippen LogP contribution is -2.23. The molecule has 1 amide bonds. The Kier molecular flexibility index (Phi) is 6.73. The zero-order valence-corrected chi connectivity index (χ0v) is 15.4. The molecular weight excluding hydrogens is 318 g/mol. The molecule has 1 N–H and O–H groups in total. The van der Waals surface area contributed by atoms with Gasteiger partial charge in [-0.15, -0.1) is 0 Å². The van der Waals surface area contributed by atoms with Gasteiger partial charge < -0.3 is 9.73 Å². The third kappa shape index (κ3) is 6.28. The highest BCUT2D eigenvalue weighted by atomic mass is 32.2. The number of amides is 1. The fraction of sp³-hybridized carbons (Fsp3) is 0.350. The molecule has 0 aliphatic carbocycles. The van der Waals surface area contributed by atoms with Crippen LogP contribution in [0.4, 0.5) is 0 Å². The van der Waals surface area contributed by atoms with Crippen LogP contribution in [0.15, 0.2) is 53.2 Å². The van der Waals surface area contributed by atoms with E-state index in [1.54, 1.807) is 24.1 Å². The Bertz CT molecular complexity index is 652. The summed E-state index contributed by atoms with van der Waals surface area (Å²) in [6.45, 7) is 7.22. The summed E-state index contributed by atoms with van der Waals surface area (Å²) in [7, 11) is 0. The molecule has 0 bridgehead atoms. The Morgan fingerprint density at radius 2 is 1.96 bits per heavy atom. The van der Waals surface area contributed by atoms with Crippen LogP contribution in [0.2, 0.25) is 0 Å². The summed E-state index contributed by atoms with van der Waals surface area (Å²) in [6, 6.07) is 12.2. The number of carbonyl (C=O) groups excluding carboxylic acids is 1. The summed E-state index contributed by atoms with van der Waals surface area (Å²) in [5, 5.41) is 2.89. The maximum absolute atomic E-state index is 11.8. The standard InChI is InChI=1S/C20H25NO2S/c1-20(2,3)17-9-6-16(7-10-17)8-11-19(22)21-12-14-24-15-18-5-4-13-23-18/h4-11,13H,12,14-15H2,1-3H3,(H,21,22)/b11-8+. The van der Waals surface area contributed by atoms with Crippen LogP contribution < -0.4 is 5.32 Å². The second-order valence-electron chi connectivity index (χ2n) is 6.63. The molecule has 0 aliphatic heterocycles. The lowest BCUT2D eigenvalue weighted by Gasteiger charge is -2.18. The Morgan fingerprint density at radius 1 is 1.21 bits per heavy atom. The zero-order chi connectivity index (χ0) is 17.4. The monoisotopic (exact) mass is 343 g/mol. The molecule has 4 heteroatoms. The first-order chi connectivity index (χ1) is 11.4. The minimum absolute atomic E-state index is 0.0616. The van der Waals surface area contributed by atoms with Crippen molar-refractivity contribution in [1.82, 2.24) is 5.32 Å². The molecule has 0 fully saturated rings. The number of hydrogen-bond donors (Lipinski definition) is 1.